The minimum atomic E-state index is -0.185. The van der Waals surface area contributed by atoms with E-state index in [1.807, 2.05) is 6.92 Å². The van der Waals surface area contributed by atoms with Crippen molar-refractivity contribution in [1.82, 2.24) is 4.98 Å². The molecule has 2 heteroatoms. The van der Waals surface area contributed by atoms with E-state index >= 15 is 0 Å². The predicted octanol–water partition coefficient (Wildman–Crippen LogP) is 5.16. The molecule has 0 aliphatic heterocycles. The molecule has 1 aliphatic rings. The van der Waals surface area contributed by atoms with Crippen LogP contribution in [-0.4, -0.2) is 4.98 Å². The Kier molecular flexibility index (Phi) is 2.46. The van der Waals surface area contributed by atoms with Crippen molar-refractivity contribution in [3.8, 4) is 11.3 Å². The summed E-state index contributed by atoms with van der Waals surface area (Å²) >= 11 is 0. The van der Waals surface area contributed by atoms with Crippen LogP contribution in [0.2, 0.25) is 0 Å². The molecule has 2 aromatic carbocycles. The molecule has 0 atom stereocenters. The monoisotopic (exact) mass is 265 g/mol. The molecule has 1 aliphatic carbocycles. The predicted molar refractivity (Wildman–Crippen MR) is 80.4 cm³/mol. The van der Waals surface area contributed by atoms with Crippen LogP contribution >= 0.6 is 0 Å². The number of rotatable bonds is 2. The zero-order valence-corrected chi connectivity index (χ0v) is 11.4. The van der Waals surface area contributed by atoms with Crippen LogP contribution in [0.3, 0.4) is 0 Å². The lowest BCUT2D eigenvalue weighted by molar-refractivity contribution is 0.629. The molecule has 0 radical (unpaired) electrons. The van der Waals surface area contributed by atoms with Crippen LogP contribution < -0.4 is 0 Å². The third-order valence-electron chi connectivity index (χ3n) is 4.27. The maximum absolute atomic E-state index is 13.4. The summed E-state index contributed by atoms with van der Waals surface area (Å²) in [5.41, 5.74) is 5.80. The van der Waals surface area contributed by atoms with Crippen LogP contribution in [0.25, 0.3) is 22.2 Å². The molecule has 1 heterocycles. The van der Waals surface area contributed by atoms with Crippen molar-refractivity contribution >= 4 is 10.9 Å². The van der Waals surface area contributed by atoms with E-state index in [9.17, 15) is 4.39 Å². The minimum Gasteiger partial charge on any atom is -0.354 e. The molecule has 1 saturated carbocycles. The smallest absolute Gasteiger partial charge is 0.123 e. The maximum atomic E-state index is 13.4. The van der Waals surface area contributed by atoms with Crippen LogP contribution in [0.1, 0.15) is 29.9 Å². The highest BCUT2D eigenvalue weighted by Gasteiger charge is 2.23. The van der Waals surface area contributed by atoms with Gasteiger partial charge in [0.25, 0.3) is 0 Å². The van der Waals surface area contributed by atoms with Crippen molar-refractivity contribution in [3.63, 3.8) is 0 Å². The van der Waals surface area contributed by atoms with Gasteiger partial charge in [0, 0.05) is 16.6 Å². The summed E-state index contributed by atoms with van der Waals surface area (Å²) in [4.78, 5) is 3.41. The van der Waals surface area contributed by atoms with Gasteiger partial charge in [0.2, 0.25) is 0 Å². The number of fused-ring (bicyclic) bond motifs is 1. The summed E-state index contributed by atoms with van der Waals surface area (Å²) < 4.78 is 13.4. The van der Waals surface area contributed by atoms with Crippen LogP contribution in [0.15, 0.2) is 42.5 Å². The van der Waals surface area contributed by atoms with Gasteiger partial charge < -0.3 is 4.98 Å². The number of benzene rings is 2. The molecule has 1 nitrogen and oxygen atoms in total. The van der Waals surface area contributed by atoms with E-state index in [1.165, 1.54) is 30.0 Å². The molecule has 1 aromatic heterocycles. The van der Waals surface area contributed by atoms with Crippen molar-refractivity contribution in [1.29, 1.82) is 0 Å². The highest BCUT2D eigenvalue weighted by Crippen LogP contribution is 2.40. The molecule has 0 saturated heterocycles. The van der Waals surface area contributed by atoms with E-state index in [-0.39, 0.29) is 5.82 Å². The molecule has 3 aromatic rings. The number of halogens is 1. The second-order valence-corrected chi connectivity index (χ2v) is 5.71. The molecule has 0 spiro atoms. The first-order chi connectivity index (χ1) is 9.72. The molecule has 4 rings (SSSR count). The van der Waals surface area contributed by atoms with E-state index in [2.05, 4.69) is 29.2 Å². The first-order valence-electron chi connectivity index (χ1n) is 7.10. The number of nitrogens with one attached hydrogen (secondary N) is 1. The van der Waals surface area contributed by atoms with E-state index in [0.717, 1.165) is 28.1 Å². The molecule has 100 valence electrons. The maximum Gasteiger partial charge on any atom is 0.123 e. The second-order valence-electron chi connectivity index (χ2n) is 5.71. The average molecular weight is 265 g/mol. The first kappa shape index (κ1) is 11.7. The molecule has 0 amide bonds. The number of aryl methyl sites for hydroxylation is 1. The van der Waals surface area contributed by atoms with Crippen molar-refractivity contribution in [2.45, 2.75) is 25.7 Å². The topological polar surface area (TPSA) is 15.8 Å². The standard InChI is InChI=1S/C18H16FN/c1-11-16-10-15(19)8-9-17(16)20-18(11)14-6-4-13(5-7-14)12-2-3-12/h4-10,12,20H,2-3H2,1H3. The molecular formula is C18H16FN. The van der Waals surface area contributed by atoms with Gasteiger partial charge in [-0.1, -0.05) is 24.3 Å². The third-order valence-corrected chi connectivity index (χ3v) is 4.27. The van der Waals surface area contributed by atoms with Gasteiger partial charge in [-0.05, 0) is 60.6 Å². The Hall–Kier alpha value is -2.09. The number of aromatic amines is 1. The fourth-order valence-corrected chi connectivity index (χ4v) is 2.93. The van der Waals surface area contributed by atoms with Crippen molar-refractivity contribution < 1.29 is 4.39 Å². The van der Waals surface area contributed by atoms with Crippen LogP contribution in [0.4, 0.5) is 4.39 Å². The van der Waals surface area contributed by atoms with Gasteiger partial charge in [-0.25, -0.2) is 4.39 Å². The normalized spacial score (nSPS) is 14.9. The van der Waals surface area contributed by atoms with E-state index in [0.29, 0.717) is 0 Å². The third kappa shape index (κ3) is 1.83. The molecule has 0 unspecified atom stereocenters. The fourth-order valence-electron chi connectivity index (χ4n) is 2.93. The molecule has 1 N–H and O–H groups in total. The zero-order valence-electron chi connectivity index (χ0n) is 11.4. The highest BCUT2D eigenvalue weighted by molar-refractivity contribution is 5.90. The van der Waals surface area contributed by atoms with Gasteiger partial charge in [0.05, 0.1) is 0 Å². The largest absolute Gasteiger partial charge is 0.354 e. The van der Waals surface area contributed by atoms with Crippen molar-refractivity contribution in [3.05, 3.63) is 59.4 Å². The minimum absolute atomic E-state index is 0.185. The SMILES string of the molecule is Cc1c(-c2ccc(C3CC3)cc2)[nH]c2ccc(F)cc12. The van der Waals surface area contributed by atoms with Crippen molar-refractivity contribution in [2.24, 2.45) is 0 Å². The van der Waals surface area contributed by atoms with E-state index in [1.54, 1.807) is 12.1 Å². The van der Waals surface area contributed by atoms with E-state index in [4.69, 9.17) is 0 Å². The van der Waals surface area contributed by atoms with Gasteiger partial charge in [-0.3, -0.25) is 0 Å². The van der Waals surface area contributed by atoms with Crippen LogP contribution in [-0.2, 0) is 0 Å². The Morgan fingerprint density at radius 1 is 1.05 bits per heavy atom. The first-order valence-corrected chi connectivity index (χ1v) is 7.10. The average Bonchev–Trinajstić information content (AvgIpc) is 3.26. The van der Waals surface area contributed by atoms with Gasteiger partial charge in [0.1, 0.15) is 5.82 Å². The molecule has 0 bridgehead atoms. The van der Waals surface area contributed by atoms with Gasteiger partial charge in [-0.2, -0.15) is 0 Å². The Morgan fingerprint density at radius 2 is 1.80 bits per heavy atom. The summed E-state index contributed by atoms with van der Waals surface area (Å²) in [6.45, 7) is 2.04. The Morgan fingerprint density at radius 3 is 2.50 bits per heavy atom. The lowest BCUT2D eigenvalue weighted by Gasteiger charge is -2.03. The number of hydrogen-bond acceptors (Lipinski definition) is 0. The Balaban J connectivity index is 1.82. The van der Waals surface area contributed by atoms with Gasteiger partial charge >= 0.3 is 0 Å². The Labute approximate surface area is 117 Å². The second kappa shape index (κ2) is 4.20. The highest BCUT2D eigenvalue weighted by atomic mass is 19.1. The Bertz CT molecular complexity index is 779. The lowest BCUT2D eigenvalue weighted by atomic mass is 10.0. The number of hydrogen-bond donors (Lipinski definition) is 1. The van der Waals surface area contributed by atoms with Crippen LogP contribution in [0.5, 0.6) is 0 Å². The number of H-pyrrole nitrogens is 1. The lowest BCUT2D eigenvalue weighted by Crippen LogP contribution is -1.83. The summed E-state index contributed by atoms with van der Waals surface area (Å²) in [5.74, 6) is 0.595. The van der Waals surface area contributed by atoms with Gasteiger partial charge in [-0.15, -0.1) is 0 Å². The fraction of sp³-hybridized carbons (Fsp3) is 0.222. The van der Waals surface area contributed by atoms with Crippen LogP contribution in [0, 0.1) is 12.7 Å². The summed E-state index contributed by atoms with van der Waals surface area (Å²) in [6, 6.07) is 13.7. The number of aromatic nitrogens is 1. The van der Waals surface area contributed by atoms with Gasteiger partial charge in [0.15, 0.2) is 0 Å². The zero-order chi connectivity index (χ0) is 13.7. The molecular weight excluding hydrogens is 249 g/mol. The summed E-state index contributed by atoms with van der Waals surface area (Å²) in [6.07, 6.45) is 2.65. The molecule has 1 fully saturated rings. The molecule has 20 heavy (non-hydrogen) atoms. The quantitative estimate of drug-likeness (QED) is 0.658. The van der Waals surface area contributed by atoms with E-state index < -0.39 is 0 Å². The summed E-state index contributed by atoms with van der Waals surface area (Å²) in [7, 11) is 0. The summed E-state index contributed by atoms with van der Waals surface area (Å²) in [5, 5.41) is 0.964. The van der Waals surface area contributed by atoms with Crippen molar-refractivity contribution in [2.75, 3.05) is 0 Å².